The van der Waals surface area contributed by atoms with Crippen molar-refractivity contribution in [1.82, 2.24) is 20.4 Å². The first-order valence-corrected chi connectivity index (χ1v) is 11.6. The lowest BCUT2D eigenvalue weighted by Crippen LogP contribution is -2.49. The zero-order valence-corrected chi connectivity index (χ0v) is 21.6. The SMILES string of the molecule is COc1cnc(-c2cc(-c3ccc(F)c([C@]4(C)C[C@@H](C(F)(F)F)OC(NC(=O)OC(C)(C)C)=N4)c3)on2)nc1. The maximum Gasteiger partial charge on any atom is 0.425 e. The van der Waals surface area contributed by atoms with E-state index in [1.165, 1.54) is 44.6 Å². The maximum absolute atomic E-state index is 15.1. The predicted molar refractivity (Wildman–Crippen MR) is 129 cm³/mol. The third-order valence-electron chi connectivity index (χ3n) is 5.59. The number of nitrogens with zero attached hydrogens (tertiary/aromatic N) is 4. The van der Waals surface area contributed by atoms with Crippen LogP contribution in [-0.4, -0.2) is 52.2 Å². The zero-order valence-electron chi connectivity index (χ0n) is 21.6. The number of amidine groups is 1. The molecule has 0 radical (unpaired) electrons. The van der Waals surface area contributed by atoms with Gasteiger partial charge in [-0.05, 0) is 45.9 Å². The molecule has 0 aliphatic carbocycles. The van der Waals surface area contributed by atoms with Crippen molar-refractivity contribution in [3.05, 3.63) is 48.0 Å². The fraction of sp³-hybridized carbons (Fsp3) is 0.400. The third-order valence-corrected chi connectivity index (χ3v) is 5.59. The van der Waals surface area contributed by atoms with Crippen molar-refractivity contribution in [2.45, 2.75) is 57.5 Å². The number of rotatable bonds is 4. The molecule has 0 saturated heterocycles. The monoisotopic (exact) mass is 551 g/mol. The Morgan fingerprint density at radius 2 is 1.85 bits per heavy atom. The van der Waals surface area contributed by atoms with Crippen LogP contribution in [-0.2, 0) is 15.0 Å². The van der Waals surface area contributed by atoms with Crippen molar-refractivity contribution >= 4 is 12.1 Å². The Labute approximate surface area is 220 Å². The van der Waals surface area contributed by atoms with Crippen LogP contribution < -0.4 is 10.1 Å². The van der Waals surface area contributed by atoms with Crippen molar-refractivity contribution in [3.63, 3.8) is 0 Å². The van der Waals surface area contributed by atoms with Crippen LogP contribution in [0.5, 0.6) is 5.75 Å². The normalized spacial score (nSPS) is 19.6. The van der Waals surface area contributed by atoms with E-state index in [1.807, 2.05) is 0 Å². The number of alkyl carbamates (subject to hydrolysis) is 1. The van der Waals surface area contributed by atoms with Gasteiger partial charge < -0.3 is 18.7 Å². The number of carbonyl (C=O) groups excluding carboxylic acids is 1. The minimum absolute atomic E-state index is 0.181. The summed E-state index contributed by atoms with van der Waals surface area (Å²) in [6, 6.07) is 4.52. The molecular weight excluding hydrogens is 526 g/mol. The molecule has 0 saturated carbocycles. The van der Waals surface area contributed by atoms with Gasteiger partial charge in [0.2, 0.25) is 0 Å². The minimum atomic E-state index is -4.83. The van der Waals surface area contributed by atoms with Crippen molar-refractivity contribution < 1.29 is 41.1 Å². The molecule has 2 aromatic heterocycles. The third kappa shape index (κ3) is 6.44. The van der Waals surface area contributed by atoms with Gasteiger partial charge in [-0.1, -0.05) is 5.16 Å². The number of alkyl halides is 3. The molecule has 3 heterocycles. The van der Waals surface area contributed by atoms with E-state index >= 15 is 4.39 Å². The number of halogens is 4. The van der Waals surface area contributed by atoms with Crippen LogP contribution in [0.3, 0.4) is 0 Å². The van der Waals surface area contributed by atoms with Gasteiger partial charge in [0.05, 0.1) is 25.0 Å². The van der Waals surface area contributed by atoms with Crippen LogP contribution in [0.2, 0.25) is 0 Å². The first kappa shape index (κ1) is 27.8. The van der Waals surface area contributed by atoms with E-state index < -0.39 is 47.8 Å². The summed E-state index contributed by atoms with van der Waals surface area (Å²) in [6.07, 6.45) is -6.15. The molecular formula is C25H25F4N5O5. The molecule has 0 fully saturated rings. The van der Waals surface area contributed by atoms with E-state index in [4.69, 9.17) is 18.7 Å². The van der Waals surface area contributed by atoms with Crippen LogP contribution in [0.1, 0.15) is 39.7 Å². The number of aliphatic imine (C=N–C) groups is 1. The number of nitrogens with one attached hydrogen (secondary N) is 1. The van der Waals surface area contributed by atoms with E-state index in [-0.39, 0.29) is 22.8 Å². The highest BCUT2D eigenvalue weighted by Crippen LogP contribution is 2.42. The van der Waals surface area contributed by atoms with E-state index in [0.717, 1.165) is 6.07 Å². The standard InChI is InChI=1S/C25H25F4N5O5/c1-23(2,3)38-22(35)32-21-33-24(4,10-19(37-21)25(27,28)29)15-8-13(6-7-16(15)26)18-9-17(34-39-18)20-30-11-14(36-5)12-31-20/h6-9,11-12,19H,10H2,1-5H3,(H,32,33,35)/t19-,24-/m0/s1. The van der Waals surface area contributed by atoms with Gasteiger partial charge in [-0.2, -0.15) is 13.2 Å². The number of benzene rings is 1. The highest BCUT2D eigenvalue weighted by atomic mass is 19.4. The Morgan fingerprint density at radius 1 is 1.15 bits per heavy atom. The number of methoxy groups -OCH3 is 1. The van der Waals surface area contributed by atoms with Gasteiger partial charge in [0.25, 0.3) is 6.02 Å². The van der Waals surface area contributed by atoms with Gasteiger partial charge in [0, 0.05) is 23.6 Å². The zero-order chi connectivity index (χ0) is 28.6. The number of aromatic nitrogens is 3. The van der Waals surface area contributed by atoms with Gasteiger partial charge in [-0.25, -0.2) is 29.5 Å². The van der Waals surface area contributed by atoms with Crippen molar-refractivity contribution in [2.75, 3.05) is 7.11 Å². The Morgan fingerprint density at radius 3 is 2.46 bits per heavy atom. The average Bonchev–Trinajstić information content (AvgIpc) is 3.32. The summed E-state index contributed by atoms with van der Waals surface area (Å²) in [5.74, 6) is 0.0426. The molecule has 10 nitrogen and oxygen atoms in total. The number of hydrogen-bond acceptors (Lipinski definition) is 9. The molecule has 14 heteroatoms. The quantitative estimate of drug-likeness (QED) is 0.429. The topological polar surface area (TPSA) is 121 Å². The van der Waals surface area contributed by atoms with Gasteiger partial charge in [-0.15, -0.1) is 0 Å². The molecule has 0 unspecified atom stereocenters. The van der Waals surface area contributed by atoms with Gasteiger partial charge in [0.1, 0.15) is 11.4 Å². The molecule has 208 valence electrons. The lowest BCUT2D eigenvalue weighted by molar-refractivity contribution is -0.208. The van der Waals surface area contributed by atoms with Crippen molar-refractivity contribution in [1.29, 1.82) is 0 Å². The Hall–Kier alpha value is -4.23. The predicted octanol–water partition coefficient (Wildman–Crippen LogP) is 5.39. The summed E-state index contributed by atoms with van der Waals surface area (Å²) >= 11 is 0. The van der Waals surface area contributed by atoms with Crippen molar-refractivity contribution in [2.24, 2.45) is 4.99 Å². The molecule has 2 atom stereocenters. The number of amides is 1. The summed E-state index contributed by atoms with van der Waals surface area (Å²) in [6.45, 7) is 6.05. The Bertz CT molecular complexity index is 1380. The Balaban J connectivity index is 1.69. The molecule has 1 amide bonds. The maximum atomic E-state index is 15.1. The molecule has 1 aliphatic heterocycles. The summed E-state index contributed by atoms with van der Waals surface area (Å²) < 4.78 is 76.8. The van der Waals surface area contributed by atoms with E-state index in [9.17, 15) is 18.0 Å². The first-order valence-electron chi connectivity index (χ1n) is 11.6. The second-order valence-electron chi connectivity index (χ2n) is 9.89. The second kappa shape index (κ2) is 10.2. The van der Waals surface area contributed by atoms with E-state index in [1.54, 1.807) is 20.8 Å². The molecule has 3 aromatic rings. The molecule has 4 rings (SSSR count). The molecule has 0 spiro atoms. The Kier molecular flexibility index (Phi) is 7.23. The lowest BCUT2D eigenvalue weighted by atomic mass is 9.84. The van der Waals surface area contributed by atoms with Gasteiger partial charge in [0.15, 0.2) is 29.1 Å². The fourth-order valence-corrected chi connectivity index (χ4v) is 3.80. The highest BCUT2D eigenvalue weighted by molar-refractivity contribution is 5.91. The molecule has 1 aromatic carbocycles. The number of hydrogen-bond donors (Lipinski definition) is 1. The summed E-state index contributed by atoms with van der Waals surface area (Å²) in [4.78, 5) is 24.6. The lowest BCUT2D eigenvalue weighted by Gasteiger charge is -2.37. The number of carbonyl (C=O) groups is 1. The average molecular weight is 551 g/mol. The van der Waals surface area contributed by atoms with E-state index in [2.05, 4.69) is 25.4 Å². The van der Waals surface area contributed by atoms with Crippen LogP contribution in [0, 0.1) is 5.82 Å². The van der Waals surface area contributed by atoms with E-state index in [0.29, 0.717) is 11.3 Å². The summed E-state index contributed by atoms with van der Waals surface area (Å²) in [7, 11) is 1.47. The smallest absolute Gasteiger partial charge is 0.425 e. The minimum Gasteiger partial charge on any atom is -0.494 e. The van der Waals surface area contributed by atoms with Crippen LogP contribution in [0.25, 0.3) is 22.8 Å². The first-order chi connectivity index (χ1) is 18.2. The fourth-order valence-electron chi connectivity index (χ4n) is 3.80. The summed E-state index contributed by atoms with van der Waals surface area (Å²) in [5, 5.41) is 6.02. The van der Waals surface area contributed by atoms with Crippen LogP contribution >= 0.6 is 0 Å². The molecule has 1 N–H and O–H groups in total. The largest absolute Gasteiger partial charge is 0.494 e. The van der Waals surface area contributed by atoms with Crippen LogP contribution in [0.15, 0.2) is 46.2 Å². The molecule has 0 bridgehead atoms. The molecule has 1 aliphatic rings. The summed E-state index contributed by atoms with van der Waals surface area (Å²) in [5.41, 5.74) is -2.31. The van der Waals surface area contributed by atoms with Crippen molar-refractivity contribution in [3.8, 4) is 28.6 Å². The van der Waals surface area contributed by atoms with Gasteiger partial charge in [-0.3, -0.25) is 0 Å². The molecule has 39 heavy (non-hydrogen) atoms. The van der Waals surface area contributed by atoms with Gasteiger partial charge >= 0.3 is 12.3 Å². The highest BCUT2D eigenvalue weighted by Gasteiger charge is 2.50. The second-order valence-corrected chi connectivity index (χ2v) is 9.89. The number of ether oxygens (including phenoxy) is 3. The van der Waals surface area contributed by atoms with Crippen LogP contribution in [0.4, 0.5) is 22.4 Å².